The number of carbonyl (C=O) groups excluding carboxylic acids is 1. The lowest BCUT2D eigenvalue weighted by atomic mass is 9.52. The van der Waals surface area contributed by atoms with Crippen LogP contribution in [0.4, 0.5) is 0 Å². The van der Waals surface area contributed by atoms with Crippen molar-refractivity contribution in [3.05, 3.63) is 17.5 Å². The first kappa shape index (κ1) is 18.8. The normalized spacial score (nSPS) is 34.9. The summed E-state index contributed by atoms with van der Waals surface area (Å²) in [6, 6.07) is 0.0592. The van der Waals surface area contributed by atoms with E-state index in [1.165, 1.54) is 6.20 Å². The molecule has 7 nitrogen and oxygen atoms in total. The minimum Gasteiger partial charge on any atom is -0.390 e. The van der Waals surface area contributed by atoms with Gasteiger partial charge in [-0.25, -0.2) is 18.4 Å². The zero-order chi connectivity index (χ0) is 19.6. The van der Waals surface area contributed by atoms with Gasteiger partial charge in [0.05, 0.1) is 16.9 Å². The average molecular weight is 394 g/mol. The molecule has 8 heteroatoms. The van der Waals surface area contributed by atoms with Gasteiger partial charge in [0.1, 0.15) is 0 Å². The molecule has 148 valence electrons. The molecule has 5 rings (SSSR count). The molecular weight excluding hydrogens is 366 g/mol. The van der Waals surface area contributed by atoms with Gasteiger partial charge < -0.3 is 10.4 Å². The van der Waals surface area contributed by atoms with Crippen LogP contribution in [0.5, 0.6) is 0 Å². The lowest BCUT2D eigenvalue weighted by Gasteiger charge is -2.58. The highest BCUT2D eigenvalue weighted by atomic mass is 32.2. The number of aliphatic hydroxyl groups is 1. The standard InChI is InChI=1S/C19H27N3O4S/c1-10(2)15-14(9-20-18(22-15)27(3,25)26)17(23)21-16-12-4-11-5-13(16)8-19(24,6-11)7-12/h9-13,16,24H,4-8H2,1-3H3,(H,21,23). The summed E-state index contributed by atoms with van der Waals surface area (Å²) in [5, 5.41) is 13.6. The quantitative estimate of drug-likeness (QED) is 0.753. The molecular formula is C19H27N3O4S. The summed E-state index contributed by atoms with van der Waals surface area (Å²) in [5.74, 6) is 0.841. The summed E-state index contributed by atoms with van der Waals surface area (Å²) in [7, 11) is -3.53. The van der Waals surface area contributed by atoms with Crippen molar-refractivity contribution in [1.82, 2.24) is 15.3 Å². The number of nitrogens with one attached hydrogen (secondary N) is 1. The van der Waals surface area contributed by atoms with Crippen LogP contribution in [0.15, 0.2) is 11.4 Å². The van der Waals surface area contributed by atoms with Gasteiger partial charge in [0.25, 0.3) is 5.91 Å². The van der Waals surface area contributed by atoms with Gasteiger partial charge in [-0.3, -0.25) is 4.79 Å². The lowest BCUT2D eigenvalue weighted by molar-refractivity contribution is -0.136. The molecule has 1 amide bonds. The Kier molecular flexibility index (Phi) is 4.34. The summed E-state index contributed by atoms with van der Waals surface area (Å²) in [6.07, 6.45) is 6.92. The van der Waals surface area contributed by atoms with Crippen LogP contribution in [0, 0.1) is 17.8 Å². The van der Waals surface area contributed by atoms with E-state index in [0.29, 0.717) is 29.0 Å². The topological polar surface area (TPSA) is 109 Å². The number of sulfone groups is 1. The summed E-state index contributed by atoms with van der Waals surface area (Å²) < 4.78 is 23.5. The van der Waals surface area contributed by atoms with Crippen molar-refractivity contribution in [2.24, 2.45) is 17.8 Å². The van der Waals surface area contributed by atoms with Crippen LogP contribution < -0.4 is 5.32 Å². The third-order valence-corrected chi connectivity index (χ3v) is 7.32. The molecule has 0 radical (unpaired) electrons. The number of nitrogens with zero attached hydrogens (tertiary/aromatic N) is 2. The molecule has 0 saturated heterocycles. The number of aromatic nitrogens is 2. The minimum atomic E-state index is -3.53. The van der Waals surface area contributed by atoms with Crippen molar-refractivity contribution in [3.63, 3.8) is 0 Å². The first-order valence-electron chi connectivity index (χ1n) is 9.66. The van der Waals surface area contributed by atoms with Crippen LogP contribution in [0.1, 0.15) is 67.9 Å². The smallest absolute Gasteiger partial charge is 0.254 e. The highest BCUT2D eigenvalue weighted by molar-refractivity contribution is 7.90. The molecule has 4 fully saturated rings. The first-order chi connectivity index (χ1) is 12.6. The third kappa shape index (κ3) is 3.38. The van der Waals surface area contributed by atoms with E-state index in [4.69, 9.17) is 0 Å². The number of amides is 1. The van der Waals surface area contributed by atoms with E-state index >= 15 is 0 Å². The Hall–Kier alpha value is -1.54. The lowest BCUT2D eigenvalue weighted by Crippen LogP contribution is -2.61. The zero-order valence-electron chi connectivity index (χ0n) is 16.0. The Balaban J connectivity index is 1.59. The molecule has 1 aromatic rings. The number of hydrogen-bond donors (Lipinski definition) is 2. The van der Waals surface area contributed by atoms with Crippen molar-refractivity contribution in [1.29, 1.82) is 0 Å². The van der Waals surface area contributed by atoms with E-state index < -0.39 is 15.4 Å². The monoisotopic (exact) mass is 393 g/mol. The molecule has 2 unspecified atom stereocenters. The van der Waals surface area contributed by atoms with Gasteiger partial charge in [0, 0.05) is 18.5 Å². The molecule has 2 N–H and O–H groups in total. The van der Waals surface area contributed by atoms with E-state index in [1.807, 2.05) is 13.8 Å². The largest absolute Gasteiger partial charge is 0.390 e. The molecule has 1 heterocycles. The maximum atomic E-state index is 13.0. The van der Waals surface area contributed by atoms with Crippen LogP contribution in [-0.2, 0) is 9.84 Å². The highest BCUT2D eigenvalue weighted by Gasteiger charge is 2.55. The molecule has 4 aliphatic rings. The van der Waals surface area contributed by atoms with Crippen LogP contribution >= 0.6 is 0 Å². The van der Waals surface area contributed by atoms with Crippen LogP contribution in [-0.4, -0.2) is 47.3 Å². The fraction of sp³-hybridized carbons (Fsp3) is 0.737. The Morgan fingerprint density at radius 1 is 1.26 bits per heavy atom. The molecule has 4 saturated carbocycles. The SMILES string of the molecule is CC(C)c1nc(S(C)(=O)=O)ncc1C(=O)NC1C2CC3CC1CC(O)(C3)C2. The van der Waals surface area contributed by atoms with Gasteiger partial charge in [-0.2, -0.15) is 0 Å². The number of rotatable bonds is 4. The van der Waals surface area contributed by atoms with E-state index in [2.05, 4.69) is 15.3 Å². The van der Waals surface area contributed by atoms with Crippen LogP contribution in [0.3, 0.4) is 0 Å². The second-order valence-electron chi connectivity index (χ2n) is 9.07. The Labute approximate surface area is 159 Å². The average Bonchev–Trinajstić information content (AvgIpc) is 2.55. The van der Waals surface area contributed by atoms with Crippen LogP contribution in [0.2, 0.25) is 0 Å². The second-order valence-corrected chi connectivity index (χ2v) is 11.0. The molecule has 27 heavy (non-hydrogen) atoms. The van der Waals surface area contributed by atoms with E-state index in [-0.39, 0.29) is 23.0 Å². The molecule has 4 aliphatic carbocycles. The molecule has 0 spiro atoms. The van der Waals surface area contributed by atoms with E-state index in [9.17, 15) is 18.3 Å². The summed E-state index contributed by atoms with van der Waals surface area (Å²) in [4.78, 5) is 21.1. The van der Waals surface area contributed by atoms with Gasteiger partial charge in [0.2, 0.25) is 15.0 Å². The zero-order valence-corrected chi connectivity index (χ0v) is 16.8. The highest BCUT2D eigenvalue weighted by Crippen LogP contribution is 2.55. The fourth-order valence-corrected chi connectivity index (χ4v) is 6.13. The van der Waals surface area contributed by atoms with Crippen molar-refractivity contribution >= 4 is 15.7 Å². The van der Waals surface area contributed by atoms with E-state index in [0.717, 1.165) is 38.4 Å². The first-order valence-corrected chi connectivity index (χ1v) is 11.5. The van der Waals surface area contributed by atoms with Crippen molar-refractivity contribution in [3.8, 4) is 0 Å². The minimum absolute atomic E-state index is 0.0592. The van der Waals surface area contributed by atoms with E-state index in [1.54, 1.807) is 0 Å². The summed E-state index contributed by atoms with van der Waals surface area (Å²) in [6.45, 7) is 3.76. The predicted molar refractivity (Wildman–Crippen MR) is 99.0 cm³/mol. The summed E-state index contributed by atoms with van der Waals surface area (Å²) in [5.41, 5.74) is 0.247. The Morgan fingerprint density at radius 3 is 2.41 bits per heavy atom. The number of hydrogen-bond acceptors (Lipinski definition) is 6. The number of carbonyl (C=O) groups is 1. The second kappa shape index (κ2) is 6.24. The van der Waals surface area contributed by atoms with Crippen molar-refractivity contribution in [2.75, 3.05) is 6.26 Å². The van der Waals surface area contributed by atoms with Crippen molar-refractivity contribution < 1.29 is 18.3 Å². The maximum absolute atomic E-state index is 13.0. The molecule has 1 aromatic heterocycles. The van der Waals surface area contributed by atoms with Gasteiger partial charge in [0.15, 0.2) is 0 Å². The molecule has 0 aliphatic heterocycles. The summed E-state index contributed by atoms with van der Waals surface area (Å²) >= 11 is 0. The van der Waals surface area contributed by atoms with Gasteiger partial charge in [-0.05, 0) is 55.8 Å². The fourth-order valence-electron chi connectivity index (χ4n) is 5.62. The van der Waals surface area contributed by atoms with Gasteiger partial charge >= 0.3 is 0 Å². The molecule has 4 bridgehead atoms. The van der Waals surface area contributed by atoms with Gasteiger partial charge in [-0.15, -0.1) is 0 Å². The van der Waals surface area contributed by atoms with Gasteiger partial charge in [-0.1, -0.05) is 13.8 Å². The Morgan fingerprint density at radius 2 is 1.89 bits per heavy atom. The van der Waals surface area contributed by atoms with Crippen molar-refractivity contribution in [2.45, 2.75) is 68.7 Å². The Bertz CT molecular complexity index is 867. The third-order valence-electron chi connectivity index (χ3n) is 6.46. The molecule has 2 atom stereocenters. The predicted octanol–water partition coefficient (Wildman–Crippen LogP) is 1.67. The molecule has 0 aromatic carbocycles. The van der Waals surface area contributed by atoms with Crippen LogP contribution in [0.25, 0.3) is 0 Å². The maximum Gasteiger partial charge on any atom is 0.254 e.